The molecular formula is C13H17FN4. The first kappa shape index (κ1) is 12.7. The molecule has 0 saturated heterocycles. The zero-order valence-electron chi connectivity index (χ0n) is 10.8. The topological polar surface area (TPSA) is 42.7 Å². The molecule has 4 nitrogen and oxygen atoms in total. The Morgan fingerprint density at radius 1 is 1.28 bits per heavy atom. The van der Waals surface area contributed by atoms with Gasteiger partial charge in [0.1, 0.15) is 5.82 Å². The molecule has 0 aliphatic carbocycles. The minimum Gasteiger partial charge on any atom is -0.307 e. The SMILES string of the molecule is CNC(c1ccc(F)cn1)c1ccnn1C(C)C. The quantitative estimate of drug-likeness (QED) is 0.902. The molecular weight excluding hydrogens is 231 g/mol. The van der Waals surface area contributed by atoms with E-state index in [0.29, 0.717) is 0 Å². The van der Waals surface area contributed by atoms with Gasteiger partial charge >= 0.3 is 0 Å². The van der Waals surface area contributed by atoms with Crippen LogP contribution in [0.15, 0.2) is 30.6 Å². The number of nitrogens with one attached hydrogen (secondary N) is 1. The zero-order valence-corrected chi connectivity index (χ0v) is 10.8. The lowest BCUT2D eigenvalue weighted by Gasteiger charge is -2.19. The fourth-order valence-electron chi connectivity index (χ4n) is 1.99. The second-order valence-electron chi connectivity index (χ2n) is 4.42. The highest BCUT2D eigenvalue weighted by molar-refractivity contribution is 5.22. The molecule has 1 N–H and O–H groups in total. The summed E-state index contributed by atoms with van der Waals surface area (Å²) in [5.74, 6) is -0.328. The highest BCUT2D eigenvalue weighted by Gasteiger charge is 2.18. The summed E-state index contributed by atoms with van der Waals surface area (Å²) in [6.07, 6.45) is 3.00. The highest BCUT2D eigenvalue weighted by Crippen LogP contribution is 2.22. The first-order chi connectivity index (χ1) is 8.63. The molecule has 0 bridgehead atoms. The molecule has 0 aliphatic heterocycles. The summed E-state index contributed by atoms with van der Waals surface area (Å²) in [4.78, 5) is 4.13. The van der Waals surface area contributed by atoms with E-state index in [9.17, 15) is 4.39 Å². The van der Waals surface area contributed by atoms with Crippen molar-refractivity contribution in [3.05, 3.63) is 47.8 Å². The summed E-state index contributed by atoms with van der Waals surface area (Å²) in [6.45, 7) is 4.14. The van der Waals surface area contributed by atoms with Crippen molar-refractivity contribution >= 4 is 0 Å². The lowest BCUT2D eigenvalue weighted by Crippen LogP contribution is -2.23. The fourth-order valence-corrected chi connectivity index (χ4v) is 1.99. The summed E-state index contributed by atoms with van der Waals surface area (Å²) >= 11 is 0. The van der Waals surface area contributed by atoms with Crippen LogP contribution in [-0.2, 0) is 0 Å². The van der Waals surface area contributed by atoms with Crippen LogP contribution in [0.1, 0.15) is 37.3 Å². The van der Waals surface area contributed by atoms with Gasteiger partial charge in [0.2, 0.25) is 0 Å². The first-order valence-corrected chi connectivity index (χ1v) is 5.95. The molecule has 2 rings (SSSR count). The number of rotatable bonds is 4. The number of pyridine rings is 1. The van der Waals surface area contributed by atoms with Crippen molar-refractivity contribution in [1.29, 1.82) is 0 Å². The van der Waals surface area contributed by atoms with Crippen LogP contribution in [-0.4, -0.2) is 21.8 Å². The Hall–Kier alpha value is -1.75. The number of hydrogen-bond donors (Lipinski definition) is 1. The van der Waals surface area contributed by atoms with Gasteiger partial charge in [-0.25, -0.2) is 4.39 Å². The Labute approximate surface area is 106 Å². The molecule has 0 fully saturated rings. The Morgan fingerprint density at radius 2 is 2.06 bits per heavy atom. The van der Waals surface area contributed by atoms with Gasteiger partial charge in [-0.05, 0) is 39.1 Å². The van der Waals surface area contributed by atoms with E-state index in [1.807, 2.05) is 17.8 Å². The minimum atomic E-state index is -0.328. The molecule has 1 unspecified atom stereocenters. The summed E-state index contributed by atoms with van der Waals surface area (Å²) in [5.41, 5.74) is 1.80. The van der Waals surface area contributed by atoms with Gasteiger partial charge in [-0.15, -0.1) is 0 Å². The van der Waals surface area contributed by atoms with E-state index >= 15 is 0 Å². The zero-order chi connectivity index (χ0) is 13.1. The molecule has 0 spiro atoms. The summed E-state index contributed by atoms with van der Waals surface area (Å²) in [6, 6.07) is 5.24. The molecule has 2 aromatic rings. The molecule has 2 aromatic heterocycles. The molecule has 0 aromatic carbocycles. The van der Waals surface area contributed by atoms with Crippen molar-refractivity contribution in [2.45, 2.75) is 25.9 Å². The largest absolute Gasteiger partial charge is 0.307 e. The van der Waals surface area contributed by atoms with E-state index < -0.39 is 0 Å². The highest BCUT2D eigenvalue weighted by atomic mass is 19.1. The van der Waals surface area contributed by atoms with E-state index in [2.05, 4.69) is 29.2 Å². The van der Waals surface area contributed by atoms with Crippen molar-refractivity contribution in [1.82, 2.24) is 20.1 Å². The van der Waals surface area contributed by atoms with Gasteiger partial charge in [-0.2, -0.15) is 5.10 Å². The predicted molar refractivity (Wildman–Crippen MR) is 67.7 cm³/mol. The van der Waals surface area contributed by atoms with Crippen LogP contribution in [0.3, 0.4) is 0 Å². The fraction of sp³-hybridized carbons (Fsp3) is 0.385. The normalized spacial score (nSPS) is 12.9. The minimum absolute atomic E-state index is 0.0875. The second kappa shape index (κ2) is 5.27. The van der Waals surface area contributed by atoms with Gasteiger partial charge in [-0.3, -0.25) is 9.67 Å². The monoisotopic (exact) mass is 248 g/mol. The molecule has 5 heteroatoms. The Bertz CT molecular complexity index is 504. The Balaban J connectivity index is 2.39. The Morgan fingerprint density at radius 3 is 2.61 bits per heavy atom. The third-order valence-electron chi connectivity index (χ3n) is 2.82. The smallest absolute Gasteiger partial charge is 0.141 e. The lowest BCUT2D eigenvalue weighted by molar-refractivity contribution is 0.480. The van der Waals surface area contributed by atoms with Gasteiger partial charge in [0.05, 0.1) is 23.6 Å². The van der Waals surface area contributed by atoms with Gasteiger partial charge in [0, 0.05) is 12.2 Å². The average Bonchev–Trinajstić information content (AvgIpc) is 2.82. The third kappa shape index (κ3) is 2.41. The molecule has 18 heavy (non-hydrogen) atoms. The number of halogens is 1. The summed E-state index contributed by atoms with van der Waals surface area (Å²) in [5, 5.41) is 7.49. The van der Waals surface area contributed by atoms with E-state index in [1.165, 1.54) is 12.3 Å². The molecule has 0 radical (unpaired) electrons. The number of aromatic nitrogens is 3. The lowest BCUT2D eigenvalue weighted by atomic mass is 10.1. The van der Waals surface area contributed by atoms with Crippen LogP contribution >= 0.6 is 0 Å². The van der Waals surface area contributed by atoms with Crippen LogP contribution in [0.25, 0.3) is 0 Å². The first-order valence-electron chi connectivity index (χ1n) is 5.95. The van der Waals surface area contributed by atoms with E-state index in [4.69, 9.17) is 0 Å². The molecule has 0 aliphatic rings. The van der Waals surface area contributed by atoms with Gasteiger partial charge in [0.25, 0.3) is 0 Å². The van der Waals surface area contributed by atoms with Crippen LogP contribution in [0.2, 0.25) is 0 Å². The maximum atomic E-state index is 12.9. The van der Waals surface area contributed by atoms with Crippen LogP contribution in [0, 0.1) is 5.82 Å². The van der Waals surface area contributed by atoms with Crippen molar-refractivity contribution in [2.24, 2.45) is 0 Å². The van der Waals surface area contributed by atoms with Crippen molar-refractivity contribution in [3.63, 3.8) is 0 Å². The van der Waals surface area contributed by atoms with Crippen molar-refractivity contribution in [2.75, 3.05) is 7.05 Å². The Kier molecular flexibility index (Phi) is 3.72. The molecule has 0 amide bonds. The summed E-state index contributed by atoms with van der Waals surface area (Å²) in [7, 11) is 1.85. The van der Waals surface area contributed by atoms with E-state index in [1.54, 1.807) is 12.3 Å². The van der Waals surface area contributed by atoms with Gasteiger partial charge in [-0.1, -0.05) is 0 Å². The van der Waals surface area contributed by atoms with Crippen LogP contribution in [0.5, 0.6) is 0 Å². The maximum Gasteiger partial charge on any atom is 0.141 e. The predicted octanol–water partition coefficient (Wildman–Crippen LogP) is 2.31. The van der Waals surface area contributed by atoms with E-state index in [0.717, 1.165) is 11.4 Å². The van der Waals surface area contributed by atoms with Crippen LogP contribution < -0.4 is 5.32 Å². The molecule has 1 atom stereocenters. The summed E-state index contributed by atoms with van der Waals surface area (Å²) < 4.78 is 14.8. The van der Waals surface area contributed by atoms with Gasteiger partial charge in [0.15, 0.2) is 0 Å². The van der Waals surface area contributed by atoms with Crippen LogP contribution in [0.4, 0.5) is 4.39 Å². The maximum absolute atomic E-state index is 12.9. The average molecular weight is 248 g/mol. The van der Waals surface area contributed by atoms with Crippen molar-refractivity contribution in [3.8, 4) is 0 Å². The standard InChI is InChI=1S/C13H17FN4/c1-9(2)18-12(6-7-17-18)13(15-3)11-5-4-10(14)8-16-11/h4-9,13,15H,1-3H3. The third-order valence-corrected chi connectivity index (χ3v) is 2.82. The molecule has 0 saturated carbocycles. The molecule has 2 heterocycles. The number of hydrogen-bond acceptors (Lipinski definition) is 3. The number of nitrogens with zero attached hydrogens (tertiary/aromatic N) is 3. The van der Waals surface area contributed by atoms with Gasteiger partial charge < -0.3 is 5.32 Å². The van der Waals surface area contributed by atoms with Crippen molar-refractivity contribution < 1.29 is 4.39 Å². The van der Waals surface area contributed by atoms with E-state index in [-0.39, 0.29) is 17.9 Å². The second-order valence-corrected chi connectivity index (χ2v) is 4.42. The molecule has 96 valence electrons.